The molecule has 1 atom stereocenters. The summed E-state index contributed by atoms with van der Waals surface area (Å²) in [5.74, 6) is -3.73. The third kappa shape index (κ3) is 3.94. The van der Waals surface area contributed by atoms with Crippen molar-refractivity contribution in [1.82, 2.24) is 4.72 Å². The Bertz CT molecular complexity index is 575. The van der Waals surface area contributed by atoms with E-state index in [0.29, 0.717) is 12.1 Å². The predicted octanol–water partition coefficient (Wildman–Crippen LogP) is 0.343. The molecular weight excluding hydrogens is 284 g/mol. The van der Waals surface area contributed by atoms with Crippen LogP contribution in [-0.4, -0.2) is 39.3 Å². The number of benzene rings is 1. The zero-order chi connectivity index (χ0) is 14.6. The number of carboxylic acid groups (broad SMARTS) is 1. The van der Waals surface area contributed by atoms with E-state index in [9.17, 15) is 22.0 Å². The number of hydrogen-bond donors (Lipinski definition) is 2. The second-order valence-corrected chi connectivity index (χ2v) is 5.22. The molecule has 2 N–H and O–H groups in total. The zero-order valence-corrected chi connectivity index (χ0v) is 10.6. The van der Waals surface area contributed by atoms with Crippen molar-refractivity contribution in [3.63, 3.8) is 0 Å². The van der Waals surface area contributed by atoms with Crippen LogP contribution in [0.1, 0.15) is 0 Å². The number of aliphatic carboxylic acids is 1. The summed E-state index contributed by atoms with van der Waals surface area (Å²) >= 11 is 0. The smallest absolute Gasteiger partial charge is 0.324 e. The van der Waals surface area contributed by atoms with Crippen molar-refractivity contribution >= 4 is 16.0 Å². The highest BCUT2D eigenvalue weighted by atomic mass is 32.2. The van der Waals surface area contributed by atoms with Crippen molar-refractivity contribution in [1.29, 1.82) is 0 Å². The van der Waals surface area contributed by atoms with Gasteiger partial charge in [0.05, 0.1) is 6.61 Å². The van der Waals surface area contributed by atoms with E-state index in [4.69, 9.17) is 5.11 Å². The molecule has 1 aromatic carbocycles. The molecule has 1 aromatic rings. The lowest BCUT2D eigenvalue weighted by Gasteiger charge is -2.14. The number of rotatable bonds is 6. The van der Waals surface area contributed by atoms with E-state index in [0.717, 1.165) is 6.07 Å². The first-order valence-corrected chi connectivity index (χ1v) is 6.45. The first kappa shape index (κ1) is 15.5. The van der Waals surface area contributed by atoms with Gasteiger partial charge in [0.1, 0.15) is 22.6 Å². The van der Waals surface area contributed by atoms with Gasteiger partial charge in [-0.1, -0.05) is 0 Å². The molecule has 1 rings (SSSR count). The molecule has 0 aliphatic carbocycles. The highest BCUT2D eigenvalue weighted by Crippen LogP contribution is 2.15. The Kier molecular flexibility index (Phi) is 4.92. The van der Waals surface area contributed by atoms with Crippen molar-refractivity contribution < 1.29 is 31.8 Å². The lowest BCUT2D eigenvalue weighted by Crippen LogP contribution is -2.43. The minimum Gasteiger partial charge on any atom is -0.480 e. The molecule has 0 fully saturated rings. The van der Waals surface area contributed by atoms with Gasteiger partial charge in [-0.15, -0.1) is 0 Å². The molecule has 0 heterocycles. The van der Waals surface area contributed by atoms with Gasteiger partial charge in [-0.2, -0.15) is 4.72 Å². The molecule has 6 nitrogen and oxygen atoms in total. The maximum Gasteiger partial charge on any atom is 0.324 e. The van der Waals surface area contributed by atoms with Crippen LogP contribution >= 0.6 is 0 Å². The number of carboxylic acids is 1. The van der Waals surface area contributed by atoms with Crippen LogP contribution in [0.5, 0.6) is 0 Å². The van der Waals surface area contributed by atoms with Gasteiger partial charge in [0.2, 0.25) is 10.0 Å². The molecule has 106 valence electrons. The topological polar surface area (TPSA) is 92.7 Å². The Balaban J connectivity index is 3.06. The van der Waals surface area contributed by atoms with Gasteiger partial charge in [-0.3, -0.25) is 4.79 Å². The summed E-state index contributed by atoms with van der Waals surface area (Å²) in [6, 6.07) is 0.280. The van der Waals surface area contributed by atoms with Crippen LogP contribution in [0.15, 0.2) is 23.1 Å². The molecule has 0 aliphatic heterocycles. The third-order valence-electron chi connectivity index (χ3n) is 2.11. The molecular formula is C10H11F2NO5S. The lowest BCUT2D eigenvalue weighted by atomic mass is 10.3. The zero-order valence-electron chi connectivity index (χ0n) is 9.76. The van der Waals surface area contributed by atoms with E-state index in [2.05, 4.69) is 4.74 Å². The van der Waals surface area contributed by atoms with E-state index in [-0.39, 0.29) is 0 Å². The third-order valence-corrected chi connectivity index (χ3v) is 3.62. The fraction of sp³-hybridized carbons (Fsp3) is 0.300. The highest BCUT2D eigenvalue weighted by Gasteiger charge is 2.27. The molecule has 19 heavy (non-hydrogen) atoms. The molecule has 9 heteroatoms. The summed E-state index contributed by atoms with van der Waals surface area (Å²) in [6.45, 7) is -0.433. The number of hydrogen-bond acceptors (Lipinski definition) is 4. The maximum atomic E-state index is 13.3. The van der Waals surface area contributed by atoms with Crippen molar-refractivity contribution in [3.05, 3.63) is 29.8 Å². The van der Waals surface area contributed by atoms with Crippen molar-refractivity contribution in [2.24, 2.45) is 0 Å². The van der Waals surface area contributed by atoms with Gasteiger partial charge in [0.25, 0.3) is 0 Å². The SMILES string of the molecule is COCC(NS(=O)(=O)c1ccc(F)cc1F)C(=O)O. The van der Waals surface area contributed by atoms with Gasteiger partial charge < -0.3 is 9.84 Å². The minimum atomic E-state index is -4.43. The van der Waals surface area contributed by atoms with Gasteiger partial charge in [-0.25, -0.2) is 17.2 Å². The second-order valence-electron chi connectivity index (χ2n) is 3.54. The largest absolute Gasteiger partial charge is 0.480 e. The summed E-state index contributed by atoms with van der Waals surface area (Å²) in [4.78, 5) is 9.94. The van der Waals surface area contributed by atoms with Crippen LogP contribution in [0.4, 0.5) is 8.78 Å². The highest BCUT2D eigenvalue weighted by molar-refractivity contribution is 7.89. The Morgan fingerprint density at radius 2 is 2.11 bits per heavy atom. The molecule has 0 radical (unpaired) electrons. The average Bonchev–Trinajstić information content (AvgIpc) is 2.27. The lowest BCUT2D eigenvalue weighted by molar-refractivity contribution is -0.140. The van der Waals surface area contributed by atoms with Crippen LogP contribution in [-0.2, 0) is 19.6 Å². The monoisotopic (exact) mass is 295 g/mol. The molecule has 0 amide bonds. The Hall–Kier alpha value is -1.58. The number of sulfonamides is 1. The number of carbonyl (C=O) groups is 1. The Morgan fingerprint density at radius 1 is 1.47 bits per heavy atom. The molecule has 1 unspecified atom stereocenters. The van der Waals surface area contributed by atoms with Gasteiger partial charge >= 0.3 is 5.97 Å². The van der Waals surface area contributed by atoms with Crippen LogP contribution in [0.3, 0.4) is 0 Å². The predicted molar refractivity (Wildman–Crippen MR) is 60.0 cm³/mol. The first-order valence-electron chi connectivity index (χ1n) is 4.97. The first-order chi connectivity index (χ1) is 8.77. The summed E-state index contributed by atoms with van der Waals surface area (Å²) in [5.41, 5.74) is 0. The molecule has 0 aromatic heterocycles. The summed E-state index contributed by atoms with van der Waals surface area (Å²) in [7, 11) is -3.24. The Morgan fingerprint density at radius 3 is 2.58 bits per heavy atom. The summed E-state index contributed by atoms with van der Waals surface area (Å²) in [6.07, 6.45) is 0. The summed E-state index contributed by atoms with van der Waals surface area (Å²) in [5, 5.41) is 8.77. The molecule has 0 spiro atoms. The van der Waals surface area contributed by atoms with Crippen LogP contribution in [0.2, 0.25) is 0 Å². The van der Waals surface area contributed by atoms with Gasteiger partial charge in [0, 0.05) is 13.2 Å². The van der Waals surface area contributed by atoms with Crippen molar-refractivity contribution in [2.45, 2.75) is 10.9 Å². The average molecular weight is 295 g/mol. The van der Waals surface area contributed by atoms with Crippen LogP contribution < -0.4 is 4.72 Å². The summed E-state index contributed by atoms with van der Waals surface area (Å²) < 4.78 is 55.8. The van der Waals surface area contributed by atoms with E-state index < -0.39 is 45.2 Å². The van der Waals surface area contributed by atoms with Crippen molar-refractivity contribution in [3.8, 4) is 0 Å². The van der Waals surface area contributed by atoms with E-state index in [1.54, 1.807) is 4.72 Å². The molecule has 0 saturated heterocycles. The fourth-order valence-corrected chi connectivity index (χ4v) is 2.50. The van der Waals surface area contributed by atoms with E-state index in [1.165, 1.54) is 7.11 Å². The molecule has 0 bridgehead atoms. The van der Waals surface area contributed by atoms with Crippen LogP contribution in [0, 0.1) is 11.6 Å². The molecule has 0 aliphatic rings. The standard InChI is InChI=1S/C10H11F2NO5S/c1-18-5-8(10(14)15)13-19(16,17)9-3-2-6(11)4-7(9)12/h2-4,8,13H,5H2,1H3,(H,14,15). The normalized spacial score (nSPS) is 13.2. The fourth-order valence-electron chi connectivity index (χ4n) is 1.27. The van der Waals surface area contributed by atoms with E-state index >= 15 is 0 Å². The number of ether oxygens (including phenoxy) is 1. The number of methoxy groups -OCH3 is 1. The maximum absolute atomic E-state index is 13.3. The number of nitrogens with one attached hydrogen (secondary N) is 1. The minimum absolute atomic E-state index is 0.390. The Labute approximate surface area is 108 Å². The van der Waals surface area contributed by atoms with Gasteiger partial charge in [-0.05, 0) is 12.1 Å². The van der Waals surface area contributed by atoms with Crippen LogP contribution in [0.25, 0.3) is 0 Å². The quantitative estimate of drug-likeness (QED) is 0.789. The van der Waals surface area contributed by atoms with Gasteiger partial charge in [0.15, 0.2) is 0 Å². The molecule has 0 saturated carbocycles. The second kappa shape index (κ2) is 6.04. The number of halogens is 2. The van der Waals surface area contributed by atoms with Crippen molar-refractivity contribution in [2.75, 3.05) is 13.7 Å². The van der Waals surface area contributed by atoms with E-state index in [1.807, 2.05) is 0 Å².